The highest BCUT2D eigenvalue weighted by atomic mass is 79.9. The second kappa shape index (κ2) is 5.27. The third-order valence-electron chi connectivity index (χ3n) is 2.06. The Bertz CT molecular complexity index is 509. The largest absolute Gasteiger partial charge is 0.382 e. The van der Waals surface area contributed by atoms with Gasteiger partial charge in [0, 0.05) is 11.4 Å². The molecular formula is C10H10BrN3OS. The Hall–Kier alpha value is -1.14. The monoisotopic (exact) mass is 299 g/mol. The highest BCUT2D eigenvalue weighted by Crippen LogP contribution is 2.15. The lowest BCUT2D eigenvalue weighted by atomic mass is 10.3. The summed E-state index contributed by atoms with van der Waals surface area (Å²) >= 11 is 4.95. The first-order valence-electron chi connectivity index (χ1n) is 4.77. The zero-order valence-electron chi connectivity index (χ0n) is 8.37. The van der Waals surface area contributed by atoms with E-state index in [2.05, 4.69) is 42.9 Å². The van der Waals surface area contributed by atoms with E-state index in [9.17, 15) is 4.79 Å². The molecule has 6 heteroatoms. The molecule has 2 aromatic heterocycles. The van der Waals surface area contributed by atoms with Crippen molar-refractivity contribution in [1.82, 2.24) is 10.2 Å². The van der Waals surface area contributed by atoms with Crippen LogP contribution in [0.25, 0.3) is 0 Å². The van der Waals surface area contributed by atoms with Crippen LogP contribution in [-0.4, -0.2) is 16.7 Å². The fourth-order valence-corrected chi connectivity index (χ4v) is 2.32. The van der Waals surface area contributed by atoms with Crippen molar-refractivity contribution in [2.24, 2.45) is 0 Å². The van der Waals surface area contributed by atoms with E-state index in [4.69, 9.17) is 0 Å². The number of hydrogen-bond acceptors (Lipinski definition) is 4. The van der Waals surface area contributed by atoms with Gasteiger partial charge in [0.05, 0.1) is 11.9 Å². The maximum Gasteiger partial charge on any atom is 0.280 e. The number of rotatable bonds is 4. The second-order valence-electron chi connectivity index (χ2n) is 3.18. The summed E-state index contributed by atoms with van der Waals surface area (Å²) in [7, 11) is 0. The van der Waals surface area contributed by atoms with Gasteiger partial charge in [-0.2, -0.15) is 5.10 Å². The van der Waals surface area contributed by atoms with E-state index in [0.717, 1.165) is 18.7 Å². The molecule has 4 nitrogen and oxygen atoms in total. The minimum Gasteiger partial charge on any atom is -0.382 e. The number of thiophene rings is 1. The van der Waals surface area contributed by atoms with Crippen molar-refractivity contribution >= 4 is 33.0 Å². The van der Waals surface area contributed by atoms with E-state index in [1.807, 2.05) is 6.07 Å². The van der Waals surface area contributed by atoms with Crippen molar-refractivity contribution in [3.05, 3.63) is 43.4 Å². The molecule has 0 aromatic carbocycles. The number of aromatic amines is 1. The maximum absolute atomic E-state index is 11.2. The van der Waals surface area contributed by atoms with Crippen LogP contribution in [0.1, 0.15) is 4.88 Å². The number of anilines is 1. The van der Waals surface area contributed by atoms with Gasteiger partial charge in [-0.3, -0.25) is 4.79 Å². The van der Waals surface area contributed by atoms with Crippen LogP contribution in [0, 0.1) is 0 Å². The van der Waals surface area contributed by atoms with Crippen molar-refractivity contribution in [2.45, 2.75) is 6.42 Å². The van der Waals surface area contributed by atoms with Gasteiger partial charge < -0.3 is 5.32 Å². The minimum absolute atomic E-state index is 0.221. The third-order valence-corrected chi connectivity index (χ3v) is 3.79. The van der Waals surface area contributed by atoms with Gasteiger partial charge >= 0.3 is 0 Å². The van der Waals surface area contributed by atoms with Gasteiger partial charge in [0.15, 0.2) is 0 Å². The average molecular weight is 300 g/mol. The van der Waals surface area contributed by atoms with E-state index >= 15 is 0 Å². The number of H-pyrrole nitrogens is 1. The lowest BCUT2D eigenvalue weighted by Crippen LogP contribution is -2.13. The Morgan fingerprint density at radius 3 is 3.19 bits per heavy atom. The number of halogens is 1. The van der Waals surface area contributed by atoms with Crippen LogP contribution in [0.3, 0.4) is 0 Å². The fraction of sp³-hybridized carbons (Fsp3) is 0.200. The smallest absolute Gasteiger partial charge is 0.280 e. The first-order valence-corrected chi connectivity index (χ1v) is 6.44. The number of nitrogens with zero attached hydrogens (tertiary/aromatic N) is 1. The van der Waals surface area contributed by atoms with Gasteiger partial charge in [-0.15, -0.1) is 11.3 Å². The Labute approximate surface area is 105 Å². The van der Waals surface area contributed by atoms with Crippen molar-refractivity contribution in [3.63, 3.8) is 0 Å². The average Bonchev–Trinajstić information content (AvgIpc) is 2.77. The summed E-state index contributed by atoms with van der Waals surface area (Å²) in [6.45, 7) is 0.782. The first kappa shape index (κ1) is 11.3. The van der Waals surface area contributed by atoms with Crippen LogP contribution in [0.5, 0.6) is 0 Å². The molecule has 0 unspecified atom stereocenters. The van der Waals surface area contributed by atoms with Crippen molar-refractivity contribution in [1.29, 1.82) is 0 Å². The Morgan fingerprint density at radius 1 is 1.56 bits per heavy atom. The summed E-state index contributed by atoms with van der Waals surface area (Å²) < 4.78 is 0.494. The highest BCUT2D eigenvalue weighted by molar-refractivity contribution is 9.10. The van der Waals surface area contributed by atoms with E-state index in [1.54, 1.807) is 17.5 Å². The summed E-state index contributed by atoms with van der Waals surface area (Å²) in [6.07, 6.45) is 2.54. The predicted molar refractivity (Wildman–Crippen MR) is 69.1 cm³/mol. The molecule has 16 heavy (non-hydrogen) atoms. The number of hydrogen-bond donors (Lipinski definition) is 2. The summed E-state index contributed by atoms with van der Waals surface area (Å²) in [6, 6.07) is 4.13. The normalized spacial score (nSPS) is 10.3. The Kier molecular flexibility index (Phi) is 3.74. The van der Waals surface area contributed by atoms with Crippen LogP contribution in [0.2, 0.25) is 0 Å². The van der Waals surface area contributed by atoms with E-state index in [1.165, 1.54) is 4.88 Å². The highest BCUT2D eigenvalue weighted by Gasteiger charge is 2.03. The van der Waals surface area contributed by atoms with Crippen LogP contribution in [0.15, 0.2) is 33.0 Å². The zero-order chi connectivity index (χ0) is 11.4. The maximum atomic E-state index is 11.2. The van der Waals surface area contributed by atoms with Crippen LogP contribution < -0.4 is 10.9 Å². The van der Waals surface area contributed by atoms with E-state index in [0.29, 0.717) is 4.47 Å². The third kappa shape index (κ3) is 2.70. The summed E-state index contributed by atoms with van der Waals surface area (Å²) in [5.41, 5.74) is 0.501. The van der Waals surface area contributed by atoms with Crippen LogP contribution in [0.4, 0.5) is 5.69 Å². The summed E-state index contributed by atoms with van der Waals surface area (Å²) in [5, 5.41) is 11.3. The van der Waals surface area contributed by atoms with Gasteiger partial charge in [-0.1, -0.05) is 6.07 Å². The molecule has 0 saturated carbocycles. The van der Waals surface area contributed by atoms with Gasteiger partial charge in [-0.05, 0) is 33.8 Å². The Morgan fingerprint density at radius 2 is 2.44 bits per heavy atom. The molecule has 2 heterocycles. The van der Waals surface area contributed by atoms with Crippen molar-refractivity contribution < 1.29 is 0 Å². The number of aromatic nitrogens is 2. The quantitative estimate of drug-likeness (QED) is 0.910. The molecule has 0 saturated heterocycles. The molecule has 2 aromatic rings. The molecule has 0 aliphatic rings. The summed E-state index contributed by atoms with van der Waals surface area (Å²) in [4.78, 5) is 12.5. The first-order chi connectivity index (χ1) is 7.77. The molecule has 0 spiro atoms. The second-order valence-corrected chi connectivity index (χ2v) is 5.01. The lowest BCUT2D eigenvalue weighted by Gasteiger charge is -2.05. The van der Waals surface area contributed by atoms with E-state index < -0.39 is 0 Å². The van der Waals surface area contributed by atoms with Gasteiger partial charge in [0.2, 0.25) is 0 Å². The molecule has 0 aliphatic carbocycles. The molecule has 0 amide bonds. The molecule has 0 aliphatic heterocycles. The van der Waals surface area contributed by atoms with E-state index in [-0.39, 0.29) is 5.56 Å². The van der Waals surface area contributed by atoms with Crippen molar-refractivity contribution in [3.8, 4) is 0 Å². The Balaban J connectivity index is 1.95. The minimum atomic E-state index is -0.221. The molecule has 0 radical (unpaired) electrons. The fourth-order valence-electron chi connectivity index (χ4n) is 1.28. The number of nitrogens with one attached hydrogen (secondary N) is 2. The topological polar surface area (TPSA) is 57.8 Å². The molecular weight excluding hydrogens is 290 g/mol. The van der Waals surface area contributed by atoms with Gasteiger partial charge in [-0.25, -0.2) is 5.10 Å². The molecule has 2 N–H and O–H groups in total. The van der Waals surface area contributed by atoms with Gasteiger partial charge in [0.25, 0.3) is 5.56 Å². The van der Waals surface area contributed by atoms with Crippen molar-refractivity contribution in [2.75, 3.05) is 11.9 Å². The molecule has 0 atom stereocenters. The van der Waals surface area contributed by atoms with Crippen LogP contribution >= 0.6 is 27.3 Å². The molecule has 2 rings (SSSR count). The zero-order valence-corrected chi connectivity index (χ0v) is 10.8. The van der Waals surface area contributed by atoms with Gasteiger partial charge in [0.1, 0.15) is 4.47 Å². The van der Waals surface area contributed by atoms with Crippen LogP contribution in [-0.2, 0) is 6.42 Å². The lowest BCUT2D eigenvalue weighted by molar-refractivity contribution is 0.964. The summed E-state index contributed by atoms with van der Waals surface area (Å²) in [5.74, 6) is 0. The SMILES string of the molecule is O=c1[nH]ncc(NCCc2cccs2)c1Br. The molecule has 84 valence electrons. The standard InChI is InChI=1S/C10H10BrN3OS/c11-9-8(6-13-14-10(9)15)12-4-3-7-2-1-5-16-7/h1-2,5-6H,3-4H2,(H2,12,14,15). The predicted octanol–water partition coefficient (Wildman–Crippen LogP) is 2.25. The molecule has 0 fully saturated rings. The molecule has 0 bridgehead atoms.